The lowest BCUT2D eigenvalue weighted by Gasteiger charge is -2.22. The van der Waals surface area contributed by atoms with Crippen LogP contribution >= 0.6 is 53.2 Å². The van der Waals surface area contributed by atoms with Gasteiger partial charge in [0.1, 0.15) is 0 Å². The summed E-state index contributed by atoms with van der Waals surface area (Å²) in [7, 11) is -32.0. The molecule has 50 heteroatoms. The minimum Gasteiger partial charge on any atom is -0.381 e. The van der Waals surface area contributed by atoms with Crippen molar-refractivity contribution in [3.63, 3.8) is 0 Å². The van der Waals surface area contributed by atoms with Gasteiger partial charge in [-0.3, -0.25) is 74.9 Å². The molecular weight excluding hydrogens is 1880 g/mol. The summed E-state index contributed by atoms with van der Waals surface area (Å²) in [4.78, 5) is 216. The van der Waals surface area contributed by atoms with Crippen LogP contribution in [0.5, 0.6) is 0 Å². The Labute approximate surface area is 777 Å². The van der Waals surface area contributed by atoms with Gasteiger partial charge in [0.05, 0.1) is 62.1 Å². The molecule has 0 radical (unpaired) electrons. The Morgan fingerprint density at radius 1 is 0.298 bits per heavy atom. The fourth-order valence-electron chi connectivity index (χ4n) is 9.61. The first kappa shape index (κ1) is 141. The predicted octanol–water partition coefficient (Wildman–Crippen LogP) is 9.72. The summed E-state index contributed by atoms with van der Waals surface area (Å²) in [5.74, 6) is -2.47. The molecule has 0 aromatic heterocycles. The molecule has 0 saturated heterocycles. The van der Waals surface area contributed by atoms with Crippen molar-refractivity contribution < 1.29 is 161 Å². The standard InChI is InChI=1S/C17H34NO4P.C13H26NO4P.C12H24NO5P.C10H20NO4P.C9H18NO4P.C8H16NO5P.C7H13NO4S.C5H10NO4P/c1-3-5-6-7-8-9-10-11-12-13-14-18(17(19)4-2)15-16-23(20,21)22;1-3-5-6-7-8-9-10-14(13(15)4-2)11-12-19(16,17)18;1-11(2)12(14)13-7-5-3-4-6-8-18-9-10-19(15,16)17;1-4-5-6-11(10(12)9(2)3)7-8-16(13,14)15;1-3-5-6-10(9(11)4-2)7-8-15(12,13)14;1-2-8(10)9-4-3-5-14-6-7-15(11,12)13;1-6(2)7(9)8-4-3-5-13(10,11)12;1-2-5(7)6-3-4-11(8,9)10/h4H,2-3,5-16H2,1H3,(H2,20,21,22);4H,2-3,5-12H2,1H3,(H2,16,17,18);1,3-10H2,2H3,(H,13,14)(H2,15,16,17);2,4-8H2,1,3H3,(H2,13,14,15);4H,2-3,5-8H2,1H3,(H2,12,13,14);2H,1,3-7H2,(H,9,10)(H2,11,12,13);1,3-5H2,2H3,(H,8,9)(H,10,11,12);2H,1,3-4H2,(H,6,7)(H2,8,9,10). The Balaban J connectivity index is -0.000000222. The van der Waals surface area contributed by atoms with E-state index in [9.17, 15) is 78.7 Å². The van der Waals surface area contributed by atoms with Gasteiger partial charge < -0.3 is 119 Å². The molecule has 8 amide bonds. The average molecular weight is 2040 g/mol. The number of rotatable bonds is 68. The lowest BCUT2D eigenvalue weighted by atomic mass is 10.1. The minimum atomic E-state index is -4.06. The number of ether oxygens (including phenoxy) is 2. The van der Waals surface area contributed by atoms with Gasteiger partial charge in [0, 0.05) is 108 Å². The van der Waals surface area contributed by atoms with Gasteiger partial charge in [0.25, 0.3) is 10.1 Å². The van der Waals surface area contributed by atoms with E-state index in [0.717, 1.165) is 102 Å². The zero-order valence-corrected chi connectivity index (χ0v) is 85.3. The largest absolute Gasteiger partial charge is 0.381 e. The third-order valence-electron chi connectivity index (χ3n) is 16.9. The summed E-state index contributed by atoms with van der Waals surface area (Å²) in [6, 6.07) is 0. The highest BCUT2D eigenvalue weighted by molar-refractivity contribution is 7.85. The molecule has 0 aromatic carbocycles. The average Bonchev–Trinajstić information content (AvgIpc) is 0.906. The van der Waals surface area contributed by atoms with Crippen LogP contribution in [-0.4, -0.2) is 302 Å². The number of hydrogen-bond acceptors (Lipinski definition) is 19. The number of carbonyl (C=O) groups is 8. The van der Waals surface area contributed by atoms with Crippen molar-refractivity contribution in [1.29, 1.82) is 0 Å². The number of unbranched alkanes of at least 4 members (excludes halogenated alkanes) is 19. The topological polar surface area (TPSA) is 673 Å². The molecule has 42 nitrogen and oxygen atoms in total. The molecule has 770 valence electrons. The molecular formula is C81H161N8O34P7S. The fraction of sp³-hybridized carbons (Fsp3) is 0.704. The van der Waals surface area contributed by atoms with E-state index in [4.69, 9.17) is 82.5 Å². The highest BCUT2D eigenvalue weighted by Crippen LogP contribution is 2.38. The zero-order valence-electron chi connectivity index (χ0n) is 78.2. The van der Waals surface area contributed by atoms with Gasteiger partial charge in [0.2, 0.25) is 47.3 Å². The second-order valence-electron chi connectivity index (χ2n) is 29.7. The van der Waals surface area contributed by atoms with Crippen molar-refractivity contribution in [3.8, 4) is 0 Å². The first-order valence-corrected chi connectivity index (χ1v) is 57.5. The number of nitrogens with one attached hydrogen (secondary N) is 4. The number of carbonyl (C=O) groups excluding carboxylic acids is 8. The Morgan fingerprint density at radius 2 is 0.557 bits per heavy atom. The maximum atomic E-state index is 11.7. The molecule has 0 atom stereocenters. The van der Waals surface area contributed by atoms with Crippen LogP contribution in [0.2, 0.25) is 0 Å². The maximum absolute atomic E-state index is 11.7. The van der Waals surface area contributed by atoms with Gasteiger partial charge in [-0.05, 0) is 103 Å². The van der Waals surface area contributed by atoms with Crippen molar-refractivity contribution in [2.75, 3.05) is 154 Å². The molecule has 0 saturated carbocycles. The van der Waals surface area contributed by atoms with E-state index in [2.05, 4.69) is 87.7 Å². The zero-order chi connectivity index (χ0) is 103. The molecule has 0 rings (SSSR count). The minimum absolute atomic E-state index is 0.0275. The van der Waals surface area contributed by atoms with Crippen molar-refractivity contribution in [3.05, 3.63) is 99.7 Å². The van der Waals surface area contributed by atoms with Crippen LogP contribution in [0.25, 0.3) is 0 Å². The van der Waals surface area contributed by atoms with Crippen LogP contribution < -0.4 is 21.3 Å². The summed E-state index contributed by atoms with van der Waals surface area (Å²) in [6.45, 7) is 45.1. The van der Waals surface area contributed by atoms with E-state index in [0.29, 0.717) is 75.6 Å². The van der Waals surface area contributed by atoms with Crippen LogP contribution in [0.1, 0.15) is 215 Å². The lowest BCUT2D eigenvalue weighted by Crippen LogP contribution is -2.34. The van der Waals surface area contributed by atoms with Crippen molar-refractivity contribution in [1.82, 2.24) is 40.9 Å². The third-order valence-corrected chi connectivity index (χ3v) is 23.2. The molecule has 19 N–H and O–H groups in total. The highest BCUT2D eigenvalue weighted by atomic mass is 32.2. The molecule has 131 heavy (non-hydrogen) atoms. The van der Waals surface area contributed by atoms with Crippen LogP contribution in [-0.2, 0) is 89.9 Å². The molecule has 0 heterocycles. The Hall–Kier alpha value is -5.44. The SMILES string of the molecule is C=C(C)C(=O)N(CCCC)CCP(=O)(O)O.C=C(C)C(=O)NCCCCCCOCCP(=O)(O)O.C=C(C)C(=O)NCCCS(=O)(=O)O.C=CC(=O)N(CCCC)CCP(=O)(O)O.C=CC(=O)N(CCCCCCCC)CCP(=O)(O)O.C=CC(=O)N(CCCCCCCCCCCC)CCP(=O)(O)O.C=CC(=O)NCCCOCCP(=O)(O)O.C=CC(=O)NCCP(=O)(O)O. The second-order valence-corrected chi connectivity index (χ2v) is 43.7. The Bertz CT molecular complexity index is 3710. The summed E-state index contributed by atoms with van der Waals surface area (Å²) in [5.41, 5.74) is 1.27. The van der Waals surface area contributed by atoms with Crippen molar-refractivity contribution >= 4 is 111 Å². The summed E-state index contributed by atoms with van der Waals surface area (Å²) >= 11 is 0. The lowest BCUT2D eigenvalue weighted by molar-refractivity contribution is -0.127. The van der Waals surface area contributed by atoms with Crippen LogP contribution in [0.3, 0.4) is 0 Å². The summed E-state index contributed by atoms with van der Waals surface area (Å²) < 4.78 is 113. The Kier molecular flexibility index (Phi) is 92.7. The van der Waals surface area contributed by atoms with E-state index in [-0.39, 0.29) is 149 Å². The van der Waals surface area contributed by atoms with Gasteiger partial charge in [-0.15, -0.1) is 0 Å². The normalized spacial score (nSPS) is 11.2. The Morgan fingerprint density at radius 3 is 0.847 bits per heavy atom. The van der Waals surface area contributed by atoms with Gasteiger partial charge in [0.15, 0.2) is 0 Å². The molecule has 0 fully saturated rings. The number of nitrogens with zero attached hydrogens (tertiary/aromatic N) is 4. The molecule has 0 aliphatic rings. The number of hydrogen-bond donors (Lipinski definition) is 19. The van der Waals surface area contributed by atoms with E-state index in [1.54, 1.807) is 20.8 Å². The van der Waals surface area contributed by atoms with Gasteiger partial charge >= 0.3 is 53.2 Å². The highest BCUT2D eigenvalue weighted by Gasteiger charge is 2.23. The first-order valence-electron chi connectivity index (χ1n) is 43.3. The van der Waals surface area contributed by atoms with E-state index >= 15 is 0 Å². The molecule has 0 aliphatic heterocycles. The van der Waals surface area contributed by atoms with E-state index in [1.807, 2.05) is 13.8 Å². The van der Waals surface area contributed by atoms with Gasteiger partial charge in [-0.25, -0.2) is 0 Å². The predicted molar refractivity (Wildman–Crippen MR) is 513 cm³/mol. The first-order chi connectivity index (χ1) is 60.5. The molecule has 0 aliphatic carbocycles. The molecule has 0 unspecified atom stereocenters. The monoisotopic (exact) mass is 2040 g/mol. The summed E-state index contributed by atoms with van der Waals surface area (Å²) in [5, 5.41) is 9.98. The third kappa shape index (κ3) is 121. The quantitative estimate of drug-likeness (QED) is 0.0116. The van der Waals surface area contributed by atoms with Crippen LogP contribution in [0.4, 0.5) is 0 Å². The van der Waals surface area contributed by atoms with Crippen LogP contribution in [0, 0.1) is 0 Å². The molecule has 0 spiro atoms. The smallest absolute Gasteiger partial charge is 0.327 e. The van der Waals surface area contributed by atoms with Gasteiger partial charge in [-0.2, -0.15) is 8.42 Å². The molecule has 0 aromatic rings. The van der Waals surface area contributed by atoms with E-state index < -0.39 is 69.2 Å². The van der Waals surface area contributed by atoms with Crippen molar-refractivity contribution in [2.24, 2.45) is 0 Å². The molecule has 0 bridgehead atoms. The van der Waals surface area contributed by atoms with Crippen LogP contribution in [0.15, 0.2) is 99.7 Å². The maximum Gasteiger partial charge on any atom is 0.327 e. The number of amides is 8. The summed E-state index contributed by atoms with van der Waals surface area (Å²) in [6.07, 6.45) is 30.6. The van der Waals surface area contributed by atoms with Gasteiger partial charge in [-0.1, -0.05) is 196 Å². The van der Waals surface area contributed by atoms with E-state index in [1.165, 1.54) is 102 Å². The van der Waals surface area contributed by atoms with Crippen molar-refractivity contribution in [2.45, 2.75) is 215 Å². The second kappa shape index (κ2) is 86.2. The fourth-order valence-corrected chi connectivity index (χ4v) is 13.3.